The minimum absolute atomic E-state index is 0.243. The van der Waals surface area contributed by atoms with E-state index in [4.69, 9.17) is 4.74 Å². The van der Waals surface area contributed by atoms with Crippen LogP contribution < -0.4 is 26.6 Å². The zero-order chi connectivity index (χ0) is 27.9. The molecule has 0 aliphatic carbocycles. The van der Waals surface area contributed by atoms with Gasteiger partial charge in [-0.15, -0.1) is 21.6 Å². The Kier molecular flexibility index (Phi) is 8.77. The molecular formula is C28H32N8O2S2. The van der Waals surface area contributed by atoms with E-state index in [1.165, 1.54) is 29.2 Å². The van der Waals surface area contributed by atoms with Crippen LogP contribution in [0, 0.1) is 13.8 Å². The Balaban J connectivity index is 1.13. The van der Waals surface area contributed by atoms with Crippen molar-refractivity contribution in [2.75, 3.05) is 46.3 Å². The van der Waals surface area contributed by atoms with Crippen LogP contribution in [0.4, 0.5) is 37.9 Å². The molecule has 2 aromatic heterocycles. The molecule has 4 N–H and O–H groups in total. The Labute approximate surface area is 241 Å². The van der Waals surface area contributed by atoms with Crippen molar-refractivity contribution in [2.45, 2.75) is 33.6 Å². The summed E-state index contributed by atoms with van der Waals surface area (Å²) in [5, 5.41) is 12.9. The number of ether oxygens (including phenoxy) is 1. The van der Waals surface area contributed by atoms with Crippen LogP contribution in [0.5, 0.6) is 0 Å². The molecule has 0 bridgehead atoms. The number of anilines is 5. The van der Waals surface area contributed by atoms with Gasteiger partial charge < -0.3 is 25.9 Å². The van der Waals surface area contributed by atoms with Crippen LogP contribution >= 0.6 is 22.7 Å². The monoisotopic (exact) mass is 576 g/mol. The summed E-state index contributed by atoms with van der Waals surface area (Å²) in [6, 6.07) is 16.2. The van der Waals surface area contributed by atoms with E-state index in [-0.39, 0.29) is 5.69 Å². The molecule has 2 aromatic carbocycles. The Morgan fingerprint density at radius 1 is 0.950 bits per heavy atom. The van der Waals surface area contributed by atoms with Gasteiger partial charge in [0.25, 0.3) is 0 Å². The molecule has 0 amide bonds. The highest BCUT2D eigenvalue weighted by molar-refractivity contribution is 7.20. The number of thiazole rings is 1. The van der Waals surface area contributed by atoms with E-state index in [0.717, 1.165) is 52.0 Å². The molecule has 12 heteroatoms. The zero-order valence-electron chi connectivity index (χ0n) is 22.7. The topological polar surface area (TPSA) is 115 Å². The fraction of sp³-hybridized carbons (Fsp3) is 0.286. The quantitative estimate of drug-likeness (QED) is 0.0809. The van der Waals surface area contributed by atoms with Gasteiger partial charge in [-0.2, -0.15) is 0 Å². The summed E-state index contributed by atoms with van der Waals surface area (Å²) < 4.78 is 4.96. The highest BCUT2D eigenvalue weighted by Crippen LogP contribution is 2.32. The van der Waals surface area contributed by atoms with Crippen molar-refractivity contribution in [1.82, 2.24) is 4.98 Å². The third kappa shape index (κ3) is 6.88. The lowest BCUT2D eigenvalue weighted by atomic mass is 10.2. The predicted octanol–water partition coefficient (Wildman–Crippen LogP) is 7.89. The lowest BCUT2D eigenvalue weighted by Crippen LogP contribution is -2.15. The maximum Gasteiger partial charge on any atom is 0.357 e. The van der Waals surface area contributed by atoms with Crippen LogP contribution in [0.25, 0.3) is 0 Å². The summed E-state index contributed by atoms with van der Waals surface area (Å²) in [5.41, 5.74) is 19.0. The van der Waals surface area contributed by atoms with Crippen LogP contribution in [0.15, 0.2) is 64.1 Å². The van der Waals surface area contributed by atoms with Crippen molar-refractivity contribution < 1.29 is 9.53 Å². The summed E-state index contributed by atoms with van der Waals surface area (Å²) >= 11 is 3.01. The van der Waals surface area contributed by atoms with Crippen LogP contribution in [-0.2, 0) is 4.74 Å². The van der Waals surface area contributed by atoms with Gasteiger partial charge in [-0.05, 0) is 93.3 Å². The fourth-order valence-corrected chi connectivity index (χ4v) is 5.72. The summed E-state index contributed by atoms with van der Waals surface area (Å²) in [4.78, 5) is 18.4. The standard InChI is InChI=1S/C28H32N8O2S2/c1-4-38-27(37)24-17-39-28(29-24)35-33-23-10-7-20(15-19(23)3)30-32-22-9-8-21(16-18(22)2)31-34-25-11-12-26(40-25)36-13-5-6-14-36/h7-12,15-17,30-32,34H,4-6,13-14H2,1-3H3. The Morgan fingerprint density at radius 3 is 2.45 bits per heavy atom. The number of hydrogen-bond acceptors (Lipinski definition) is 12. The first kappa shape index (κ1) is 27.4. The number of benzene rings is 2. The van der Waals surface area contributed by atoms with Crippen LogP contribution in [0.1, 0.15) is 41.4 Å². The maximum absolute atomic E-state index is 11.8. The van der Waals surface area contributed by atoms with Crippen molar-refractivity contribution in [3.05, 3.63) is 70.7 Å². The zero-order valence-corrected chi connectivity index (χ0v) is 24.3. The smallest absolute Gasteiger partial charge is 0.357 e. The van der Waals surface area contributed by atoms with Gasteiger partial charge in [-0.3, -0.25) is 5.43 Å². The van der Waals surface area contributed by atoms with Gasteiger partial charge in [0.1, 0.15) is 5.00 Å². The number of thiophene rings is 1. The predicted molar refractivity (Wildman–Crippen MR) is 165 cm³/mol. The van der Waals surface area contributed by atoms with Gasteiger partial charge in [0, 0.05) is 18.5 Å². The molecule has 1 saturated heterocycles. The van der Waals surface area contributed by atoms with E-state index < -0.39 is 5.97 Å². The van der Waals surface area contributed by atoms with Crippen molar-refractivity contribution >= 4 is 66.5 Å². The van der Waals surface area contributed by atoms with Gasteiger partial charge in [0.2, 0.25) is 5.13 Å². The number of carbonyl (C=O) groups excluding carboxylic acids is 1. The lowest BCUT2D eigenvalue weighted by Gasteiger charge is -2.15. The second-order valence-electron chi connectivity index (χ2n) is 9.30. The number of carbonyl (C=O) groups is 1. The van der Waals surface area contributed by atoms with E-state index in [0.29, 0.717) is 11.7 Å². The molecule has 0 spiro atoms. The molecule has 10 nitrogen and oxygen atoms in total. The summed E-state index contributed by atoms with van der Waals surface area (Å²) in [5.74, 6) is -0.457. The number of nitrogens with zero attached hydrogens (tertiary/aromatic N) is 4. The number of nitrogens with one attached hydrogen (secondary N) is 4. The van der Waals surface area contributed by atoms with E-state index in [2.05, 4.69) is 66.9 Å². The SMILES string of the molecule is CCOC(=O)c1csc(N=Nc2ccc(NNc3ccc(NNc4ccc(N5CCCC5)s4)cc3C)cc2C)n1. The highest BCUT2D eigenvalue weighted by Gasteiger charge is 2.14. The normalized spacial score (nSPS) is 13.0. The summed E-state index contributed by atoms with van der Waals surface area (Å²) in [6.45, 7) is 8.39. The van der Waals surface area contributed by atoms with Crippen LogP contribution in [0.2, 0.25) is 0 Å². The second-order valence-corrected chi connectivity index (χ2v) is 11.2. The van der Waals surface area contributed by atoms with Crippen molar-refractivity contribution in [3.63, 3.8) is 0 Å². The molecule has 1 fully saturated rings. The molecule has 4 aromatic rings. The van der Waals surface area contributed by atoms with Gasteiger partial charge in [-0.25, -0.2) is 9.78 Å². The molecule has 0 atom stereocenters. The number of azo groups is 1. The molecule has 0 saturated carbocycles. The number of esters is 1. The van der Waals surface area contributed by atoms with Gasteiger partial charge in [0.15, 0.2) is 5.69 Å². The average Bonchev–Trinajstić information content (AvgIpc) is 3.73. The van der Waals surface area contributed by atoms with Gasteiger partial charge in [0.05, 0.1) is 34.4 Å². The molecule has 0 radical (unpaired) electrons. The van der Waals surface area contributed by atoms with Crippen molar-refractivity contribution in [2.24, 2.45) is 10.2 Å². The first-order chi connectivity index (χ1) is 19.5. The van der Waals surface area contributed by atoms with Crippen LogP contribution in [0.3, 0.4) is 0 Å². The fourth-order valence-electron chi connectivity index (χ4n) is 4.21. The molecule has 208 valence electrons. The van der Waals surface area contributed by atoms with Crippen molar-refractivity contribution in [3.8, 4) is 0 Å². The second kappa shape index (κ2) is 12.8. The van der Waals surface area contributed by atoms with E-state index >= 15 is 0 Å². The Morgan fingerprint density at radius 2 is 1.70 bits per heavy atom. The van der Waals surface area contributed by atoms with Crippen molar-refractivity contribution in [1.29, 1.82) is 0 Å². The highest BCUT2D eigenvalue weighted by atomic mass is 32.1. The summed E-state index contributed by atoms with van der Waals surface area (Å²) in [6.07, 6.45) is 2.56. The average molecular weight is 577 g/mol. The van der Waals surface area contributed by atoms with Gasteiger partial charge in [-0.1, -0.05) is 11.3 Å². The number of hydrogen-bond donors (Lipinski definition) is 4. The maximum atomic E-state index is 11.8. The minimum atomic E-state index is -0.457. The molecule has 0 unspecified atom stereocenters. The Bertz CT molecular complexity index is 1490. The first-order valence-electron chi connectivity index (χ1n) is 13.1. The van der Waals surface area contributed by atoms with E-state index in [9.17, 15) is 4.79 Å². The number of rotatable bonds is 11. The number of aromatic nitrogens is 1. The molecule has 1 aliphatic heterocycles. The molecule has 5 rings (SSSR count). The van der Waals surface area contributed by atoms with E-state index in [1.54, 1.807) is 23.6 Å². The Hall–Kier alpha value is -4.16. The molecule has 3 heterocycles. The lowest BCUT2D eigenvalue weighted by molar-refractivity contribution is 0.0520. The molecule has 1 aliphatic rings. The number of hydrazine groups is 2. The molecular weight excluding hydrogens is 544 g/mol. The van der Waals surface area contributed by atoms with Gasteiger partial charge >= 0.3 is 5.97 Å². The van der Waals surface area contributed by atoms with E-state index in [1.807, 2.05) is 37.3 Å². The first-order valence-corrected chi connectivity index (χ1v) is 14.8. The van der Waals surface area contributed by atoms with Crippen LogP contribution in [-0.4, -0.2) is 30.6 Å². The third-order valence-electron chi connectivity index (χ3n) is 6.32. The number of aryl methyl sites for hydroxylation is 2. The molecule has 40 heavy (non-hydrogen) atoms. The third-order valence-corrected chi connectivity index (χ3v) is 8.11. The largest absolute Gasteiger partial charge is 0.461 e. The summed E-state index contributed by atoms with van der Waals surface area (Å²) in [7, 11) is 0. The minimum Gasteiger partial charge on any atom is -0.461 e.